The van der Waals surface area contributed by atoms with Crippen LogP contribution in [0, 0.1) is 11.6 Å². The van der Waals surface area contributed by atoms with Crippen molar-refractivity contribution in [2.24, 2.45) is 5.73 Å². The van der Waals surface area contributed by atoms with Gasteiger partial charge in [-0.05, 0) is 53.9 Å². The molecule has 0 bridgehead atoms. The Morgan fingerprint density at radius 1 is 1.09 bits per heavy atom. The number of carbonyl (C=O) groups excluding carboxylic acids is 1. The molecule has 2 N–H and O–H groups in total. The quantitative estimate of drug-likeness (QED) is 0.501. The first kappa shape index (κ1) is 20.7. The smallest absolute Gasteiger partial charge is 0.240 e. The van der Waals surface area contributed by atoms with Crippen molar-refractivity contribution >= 4 is 22.6 Å². The van der Waals surface area contributed by atoms with Crippen molar-refractivity contribution in [3.63, 3.8) is 0 Å². The second kappa shape index (κ2) is 8.09. The van der Waals surface area contributed by atoms with Crippen LogP contribution >= 0.6 is 0 Å². The van der Waals surface area contributed by atoms with E-state index < -0.39 is 23.6 Å². The number of amides is 1. The molecule has 1 fully saturated rings. The van der Waals surface area contributed by atoms with Gasteiger partial charge in [0.05, 0.1) is 7.11 Å². The van der Waals surface area contributed by atoms with Gasteiger partial charge < -0.3 is 15.4 Å². The first-order valence-corrected chi connectivity index (χ1v) is 10.3. The number of hydrogen-bond acceptors (Lipinski definition) is 6. The summed E-state index contributed by atoms with van der Waals surface area (Å²) in [7, 11) is 1.49. The Morgan fingerprint density at radius 2 is 1.85 bits per heavy atom. The van der Waals surface area contributed by atoms with Gasteiger partial charge >= 0.3 is 0 Å². The Morgan fingerprint density at radius 3 is 2.45 bits per heavy atom. The highest BCUT2D eigenvalue weighted by atomic mass is 19.1. The summed E-state index contributed by atoms with van der Waals surface area (Å²) in [6, 6.07) is 9.80. The predicted molar refractivity (Wildman–Crippen MR) is 120 cm³/mol. The molecule has 1 aliphatic heterocycles. The minimum absolute atomic E-state index is 0.338. The van der Waals surface area contributed by atoms with Gasteiger partial charge in [-0.3, -0.25) is 9.78 Å². The lowest BCUT2D eigenvalue weighted by atomic mass is 9.99. The van der Waals surface area contributed by atoms with E-state index in [0.29, 0.717) is 58.0 Å². The average molecular weight is 447 g/mol. The first-order valence-electron chi connectivity index (χ1n) is 10.3. The zero-order valence-corrected chi connectivity index (χ0v) is 17.6. The predicted octanol–water partition coefficient (Wildman–Crippen LogP) is 3.71. The zero-order chi connectivity index (χ0) is 23.1. The maximum absolute atomic E-state index is 13.9. The van der Waals surface area contributed by atoms with Gasteiger partial charge in [-0.25, -0.2) is 18.7 Å². The van der Waals surface area contributed by atoms with Crippen LogP contribution < -0.4 is 15.4 Å². The molecule has 0 saturated carbocycles. The Kier molecular flexibility index (Phi) is 5.08. The van der Waals surface area contributed by atoms with Crippen LogP contribution in [-0.2, 0) is 4.79 Å². The lowest BCUT2D eigenvalue weighted by Crippen LogP contribution is -2.55. The fraction of sp³-hybridized carbons (Fsp3) is 0.167. The number of fused-ring (bicyclic) bond motifs is 1. The van der Waals surface area contributed by atoms with E-state index >= 15 is 0 Å². The van der Waals surface area contributed by atoms with Gasteiger partial charge in [0.2, 0.25) is 5.91 Å². The van der Waals surface area contributed by atoms with Crippen molar-refractivity contribution in [2.75, 3.05) is 18.6 Å². The fourth-order valence-electron chi connectivity index (χ4n) is 4.01. The summed E-state index contributed by atoms with van der Waals surface area (Å²) in [5, 5.41) is 0.576. The van der Waals surface area contributed by atoms with Crippen LogP contribution in [-0.4, -0.2) is 40.6 Å². The Labute approximate surface area is 187 Å². The van der Waals surface area contributed by atoms with Gasteiger partial charge in [-0.15, -0.1) is 0 Å². The van der Waals surface area contributed by atoms with Crippen molar-refractivity contribution < 1.29 is 18.3 Å². The van der Waals surface area contributed by atoms with Gasteiger partial charge in [-0.2, -0.15) is 0 Å². The summed E-state index contributed by atoms with van der Waals surface area (Å²) in [4.78, 5) is 27.3. The van der Waals surface area contributed by atoms with Gasteiger partial charge in [-0.1, -0.05) is 0 Å². The minimum Gasteiger partial charge on any atom is -0.494 e. The molecule has 33 heavy (non-hydrogen) atoms. The van der Waals surface area contributed by atoms with Crippen LogP contribution in [0.1, 0.15) is 6.42 Å². The Bertz CT molecular complexity index is 1360. The van der Waals surface area contributed by atoms with Crippen molar-refractivity contribution in [2.45, 2.75) is 12.5 Å². The number of methoxy groups -OCH3 is 1. The molecule has 3 heterocycles. The van der Waals surface area contributed by atoms with Gasteiger partial charge in [0.25, 0.3) is 0 Å². The van der Waals surface area contributed by atoms with Crippen LogP contribution in [0.15, 0.2) is 54.9 Å². The molecule has 4 aromatic rings. The summed E-state index contributed by atoms with van der Waals surface area (Å²) < 4.78 is 33.4. The normalized spacial score (nSPS) is 15.4. The highest BCUT2D eigenvalue weighted by Gasteiger charge is 2.35. The monoisotopic (exact) mass is 447 g/mol. The van der Waals surface area contributed by atoms with Crippen LogP contribution in [0.5, 0.6) is 5.75 Å². The van der Waals surface area contributed by atoms with Crippen molar-refractivity contribution in [1.82, 2.24) is 15.0 Å². The summed E-state index contributed by atoms with van der Waals surface area (Å²) >= 11 is 0. The van der Waals surface area contributed by atoms with E-state index in [4.69, 9.17) is 20.4 Å². The van der Waals surface area contributed by atoms with E-state index in [1.165, 1.54) is 19.2 Å². The molecule has 2 aromatic carbocycles. The number of halogens is 2. The number of pyridine rings is 1. The van der Waals surface area contributed by atoms with E-state index in [1.54, 1.807) is 30.6 Å². The molecule has 1 amide bonds. The minimum atomic E-state index is -0.691. The van der Waals surface area contributed by atoms with Crippen LogP contribution in [0.4, 0.5) is 14.6 Å². The molecule has 0 radical (unpaired) electrons. The Hall–Kier alpha value is -4.14. The second-order valence-electron chi connectivity index (χ2n) is 7.75. The molecule has 1 saturated heterocycles. The van der Waals surface area contributed by atoms with E-state index in [9.17, 15) is 13.6 Å². The molecule has 0 aliphatic carbocycles. The van der Waals surface area contributed by atoms with Crippen LogP contribution in [0.25, 0.3) is 33.4 Å². The number of aromatic nitrogens is 3. The SMILES string of the molecule is COc1cc(-c2cc(F)cc(F)c2)cc2c(N3CCC3C(N)=O)nc(-c3cccnc3)nc12. The van der Waals surface area contributed by atoms with E-state index in [2.05, 4.69) is 4.98 Å². The van der Waals surface area contributed by atoms with E-state index in [1.807, 2.05) is 11.0 Å². The standard InChI is InChI=1S/C24H19F2N5O2/c1-33-20-10-15(14-7-16(25)11-17(26)8-14)9-18-21(20)29-23(13-3-2-5-28-12-13)30-24(18)31-6-4-19(31)22(27)32/h2-3,5,7-12,19H,4,6H2,1H3,(H2,27,32). The molecule has 5 rings (SSSR count). The molecule has 1 aliphatic rings. The largest absolute Gasteiger partial charge is 0.494 e. The second-order valence-corrected chi connectivity index (χ2v) is 7.75. The molecule has 2 aromatic heterocycles. The third-order valence-corrected chi connectivity index (χ3v) is 5.70. The lowest BCUT2D eigenvalue weighted by Gasteiger charge is -2.40. The lowest BCUT2D eigenvalue weighted by molar-refractivity contribution is -0.120. The summed E-state index contributed by atoms with van der Waals surface area (Å²) in [5.41, 5.74) is 7.63. The number of carbonyl (C=O) groups is 1. The molecule has 9 heteroatoms. The summed E-state index contributed by atoms with van der Waals surface area (Å²) in [6.45, 7) is 0.577. The van der Waals surface area contributed by atoms with E-state index in [-0.39, 0.29) is 0 Å². The highest BCUT2D eigenvalue weighted by molar-refractivity contribution is 6.00. The first-order chi connectivity index (χ1) is 15.9. The van der Waals surface area contributed by atoms with Gasteiger partial charge in [0, 0.05) is 36.0 Å². The third-order valence-electron chi connectivity index (χ3n) is 5.70. The summed E-state index contributed by atoms with van der Waals surface area (Å²) in [6.07, 6.45) is 3.90. The van der Waals surface area contributed by atoms with Gasteiger partial charge in [0.1, 0.15) is 34.8 Å². The molecule has 1 atom stereocenters. The average Bonchev–Trinajstić information content (AvgIpc) is 2.77. The zero-order valence-electron chi connectivity index (χ0n) is 17.6. The number of anilines is 1. The molecule has 0 spiro atoms. The molecule has 7 nitrogen and oxygen atoms in total. The number of nitrogens with two attached hydrogens (primary N) is 1. The van der Waals surface area contributed by atoms with Crippen LogP contribution in [0.2, 0.25) is 0 Å². The third kappa shape index (κ3) is 3.71. The fourth-order valence-corrected chi connectivity index (χ4v) is 4.01. The molecule has 1 unspecified atom stereocenters. The van der Waals surface area contributed by atoms with Crippen molar-refractivity contribution in [1.29, 1.82) is 0 Å². The topological polar surface area (TPSA) is 94.2 Å². The Balaban J connectivity index is 1.79. The maximum Gasteiger partial charge on any atom is 0.240 e. The number of benzene rings is 2. The number of ether oxygens (including phenoxy) is 1. The van der Waals surface area contributed by atoms with Gasteiger partial charge in [0.15, 0.2) is 5.82 Å². The van der Waals surface area contributed by atoms with Crippen molar-refractivity contribution in [3.05, 3.63) is 66.5 Å². The molecular formula is C24H19F2N5O2. The number of primary amides is 1. The molecule has 166 valence electrons. The highest BCUT2D eigenvalue weighted by Crippen LogP contribution is 2.39. The van der Waals surface area contributed by atoms with Crippen LogP contribution in [0.3, 0.4) is 0 Å². The molecular weight excluding hydrogens is 428 g/mol. The summed E-state index contributed by atoms with van der Waals surface area (Å²) in [5.74, 6) is -0.536. The maximum atomic E-state index is 13.9. The van der Waals surface area contributed by atoms with Crippen molar-refractivity contribution in [3.8, 4) is 28.3 Å². The number of hydrogen-bond donors (Lipinski definition) is 1. The number of rotatable bonds is 5. The number of nitrogens with zero attached hydrogens (tertiary/aromatic N) is 4. The van der Waals surface area contributed by atoms with E-state index in [0.717, 1.165) is 6.07 Å².